The second-order valence-corrected chi connectivity index (χ2v) is 3.52. The summed E-state index contributed by atoms with van der Waals surface area (Å²) in [5.74, 6) is -0.120. The Morgan fingerprint density at radius 1 is 1.31 bits per heavy atom. The monoisotopic (exact) mass is 183 g/mol. The van der Waals surface area contributed by atoms with Crippen LogP contribution in [0.4, 0.5) is 0 Å². The van der Waals surface area contributed by atoms with Gasteiger partial charge in [-0.2, -0.15) is 0 Å². The highest BCUT2D eigenvalue weighted by Crippen LogP contribution is 2.20. The number of cyclic esters (lactones) is 1. The van der Waals surface area contributed by atoms with Crippen LogP contribution < -0.4 is 0 Å². The third-order valence-corrected chi connectivity index (χ3v) is 2.64. The minimum absolute atomic E-state index is 0.107. The Bertz CT molecular complexity index is 239. The molecule has 0 aliphatic carbocycles. The molecule has 0 radical (unpaired) electrons. The topological polar surface area (TPSA) is 46.6 Å². The molecule has 72 valence electrons. The summed E-state index contributed by atoms with van der Waals surface area (Å²) in [4.78, 5) is 24.3. The van der Waals surface area contributed by atoms with Crippen LogP contribution in [0.15, 0.2) is 0 Å². The summed E-state index contributed by atoms with van der Waals surface area (Å²) in [5.41, 5.74) is 0. The minimum Gasteiger partial charge on any atom is -0.464 e. The van der Waals surface area contributed by atoms with Crippen LogP contribution in [0, 0.1) is 0 Å². The van der Waals surface area contributed by atoms with Crippen LogP contribution in [-0.2, 0) is 14.3 Å². The molecule has 13 heavy (non-hydrogen) atoms. The molecule has 2 fully saturated rings. The van der Waals surface area contributed by atoms with Crippen molar-refractivity contribution >= 4 is 11.9 Å². The molecule has 0 spiro atoms. The first-order chi connectivity index (χ1) is 6.29. The molecular formula is C9H13NO3. The van der Waals surface area contributed by atoms with Crippen molar-refractivity contribution in [3.05, 3.63) is 0 Å². The maximum absolute atomic E-state index is 11.4. The molecule has 1 unspecified atom stereocenters. The van der Waals surface area contributed by atoms with E-state index >= 15 is 0 Å². The Hall–Kier alpha value is -1.06. The van der Waals surface area contributed by atoms with Gasteiger partial charge in [-0.25, -0.2) is 4.79 Å². The molecule has 2 saturated heterocycles. The number of likely N-dealkylation sites (tertiary alicyclic amines) is 1. The molecular weight excluding hydrogens is 170 g/mol. The van der Waals surface area contributed by atoms with Gasteiger partial charge < -0.3 is 9.64 Å². The van der Waals surface area contributed by atoms with E-state index in [1.807, 2.05) is 0 Å². The average molecular weight is 183 g/mol. The van der Waals surface area contributed by atoms with Gasteiger partial charge in [-0.15, -0.1) is 0 Å². The largest absolute Gasteiger partial charge is 0.464 e. The number of piperidine rings is 1. The molecule has 4 nitrogen and oxygen atoms in total. The predicted molar refractivity (Wildman–Crippen MR) is 44.9 cm³/mol. The molecule has 0 aromatic rings. The highest BCUT2D eigenvalue weighted by atomic mass is 16.5. The van der Waals surface area contributed by atoms with E-state index in [-0.39, 0.29) is 17.9 Å². The van der Waals surface area contributed by atoms with Crippen molar-refractivity contribution < 1.29 is 14.3 Å². The zero-order chi connectivity index (χ0) is 9.26. The first kappa shape index (κ1) is 8.53. The second-order valence-electron chi connectivity index (χ2n) is 3.52. The van der Waals surface area contributed by atoms with Gasteiger partial charge in [0.05, 0.1) is 6.61 Å². The summed E-state index contributed by atoms with van der Waals surface area (Å²) in [6.45, 7) is 1.19. The molecule has 0 saturated carbocycles. The summed E-state index contributed by atoms with van der Waals surface area (Å²) in [5, 5.41) is 0. The number of esters is 1. The number of carbonyl (C=O) groups is 2. The molecule has 1 atom stereocenters. The Kier molecular flexibility index (Phi) is 2.20. The molecule has 2 aliphatic rings. The van der Waals surface area contributed by atoms with Crippen molar-refractivity contribution in [1.82, 2.24) is 4.90 Å². The van der Waals surface area contributed by atoms with E-state index in [0.717, 1.165) is 19.4 Å². The first-order valence-electron chi connectivity index (χ1n) is 4.75. The molecule has 2 rings (SSSR count). The number of nitrogens with zero attached hydrogens (tertiary/aromatic N) is 1. The van der Waals surface area contributed by atoms with Gasteiger partial charge in [0.1, 0.15) is 6.04 Å². The maximum Gasteiger partial charge on any atom is 0.328 e. The lowest BCUT2D eigenvalue weighted by Gasteiger charge is -2.29. The number of ether oxygens (including phenoxy) is 1. The maximum atomic E-state index is 11.4. The van der Waals surface area contributed by atoms with Crippen LogP contribution in [0.1, 0.15) is 25.7 Å². The van der Waals surface area contributed by atoms with Crippen molar-refractivity contribution in [1.29, 1.82) is 0 Å². The highest BCUT2D eigenvalue weighted by molar-refractivity contribution is 5.85. The van der Waals surface area contributed by atoms with Gasteiger partial charge in [-0.05, 0) is 12.8 Å². The SMILES string of the molecule is O=C1OCCC1N1CCCCC1=O. The van der Waals surface area contributed by atoms with Gasteiger partial charge in [-0.1, -0.05) is 0 Å². The van der Waals surface area contributed by atoms with Crippen LogP contribution in [0.2, 0.25) is 0 Å². The van der Waals surface area contributed by atoms with Crippen molar-refractivity contribution in [2.24, 2.45) is 0 Å². The molecule has 0 aromatic heterocycles. The normalized spacial score (nSPS) is 29.2. The fourth-order valence-corrected chi connectivity index (χ4v) is 1.92. The van der Waals surface area contributed by atoms with Crippen molar-refractivity contribution in [2.45, 2.75) is 31.7 Å². The number of hydrogen-bond acceptors (Lipinski definition) is 3. The van der Waals surface area contributed by atoms with Crippen molar-refractivity contribution in [3.63, 3.8) is 0 Å². The van der Waals surface area contributed by atoms with E-state index in [1.54, 1.807) is 4.90 Å². The van der Waals surface area contributed by atoms with Crippen molar-refractivity contribution in [2.75, 3.05) is 13.2 Å². The summed E-state index contributed by atoms with van der Waals surface area (Å²) >= 11 is 0. The van der Waals surface area contributed by atoms with Crippen LogP contribution >= 0.6 is 0 Å². The van der Waals surface area contributed by atoms with E-state index in [1.165, 1.54) is 0 Å². The molecule has 0 N–H and O–H groups in total. The molecule has 2 heterocycles. The van der Waals surface area contributed by atoms with Crippen LogP contribution in [0.5, 0.6) is 0 Å². The Labute approximate surface area is 76.8 Å². The van der Waals surface area contributed by atoms with E-state index in [0.29, 0.717) is 19.4 Å². The van der Waals surface area contributed by atoms with E-state index in [9.17, 15) is 9.59 Å². The second kappa shape index (κ2) is 3.36. The molecule has 0 bridgehead atoms. The average Bonchev–Trinajstić information content (AvgIpc) is 2.52. The standard InChI is InChI=1S/C9H13NO3/c11-8-3-1-2-5-10(8)7-4-6-13-9(7)12/h7H,1-6H2. The van der Waals surface area contributed by atoms with Crippen LogP contribution in [-0.4, -0.2) is 36.0 Å². The van der Waals surface area contributed by atoms with Gasteiger partial charge >= 0.3 is 5.97 Å². The molecule has 4 heteroatoms. The summed E-state index contributed by atoms with van der Waals surface area (Å²) < 4.78 is 4.83. The first-order valence-corrected chi connectivity index (χ1v) is 4.75. The van der Waals surface area contributed by atoms with Gasteiger partial charge in [0.15, 0.2) is 0 Å². The summed E-state index contributed by atoms with van der Waals surface area (Å²) in [6, 6.07) is -0.284. The van der Waals surface area contributed by atoms with E-state index in [2.05, 4.69) is 0 Å². The smallest absolute Gasteiger partial charge is 0.328 e. The summed E-state index contributed by atoms with van der Waals surface area (Å²) in [7, 11) is 0. The third-order valence-electron chi connectivity index (χ3n) is 2.64. The Balaban J connectivity index is 2.05. The Morgan fingerprint density at radius 2 is 2.15 bits per heavy atom. The molecule has 1 amide bonds. The van der Waals surface area contributed by atoms with Crippen LogP contribution in [0.25, 0.3) is 0 Å². The number of rotatable bonds is 1. The van der Waals surface area contributed by atoms with Gasteiger partial charge in [0, 0.05) is 19.4 Å². The zero-order valence-electron chi connectivity index (χ0n) is 7.49. The van der Waals surface area contributed by atoms with Gasteiger partial charge in [-0.3, -0.25) is 4.79 Å². The quantitative estimate of drug-likeness (QED) is 0.550. The van der Waals surface area contributed by atoms with Gasteiger partial charge in [0.25, 0.3) is 0 Å². The zero-order valence-corrected chi connectivity index (χ0v) is 7.49. The van der Waals surface area contributed by atoms with Crippen molar-refractivity contribution in [3.8, 4) is 0 Å². The number of hydrogen-bond donors (Lipinski definition) is 0. The lowest BCUT2D eigenvalue weighted by atomic mass is 10.1. The fourth-order valence-electron chi connectivity index (χ4n) is 1.92. The number of amides is 1. The molecule has 0 aromatic carbocycles. The van der Waals surface area contributed by atoms with Gasteiger partial charge in [0.2, 0.25) is 5.91 Å². The lowest BCUT2D eigenvalue weighted by molar-refractivity contribution is -0.149. The lowest BCUT2D eigenvalue weighted by Crippen LogP contribution is -2.45. The Morgan fingerprint density at radius 3 is 2.77 bits per heavy atom. The summed E-state index contributed by atoms with van der Waals surface area (Å²) in [6.07, 6.45) is 3.22. The van der Waals surface area contributed by atoms with E-state index in [4.69, 9.17) is 4.74 Å². The van der Waals surface area contributed by atoms with E-state index < -0.39 is 0 Å². The minimum atomic E-state index is -0.284. The highest BCUT2D eigenvalue weighted by Gasteiger charge is 2.35. The number of carbonyl (C=O) groups excluding carboxylic acids is 2. The third kappa shape index (κ3) is 1.53. The predicted octanol–water partition coefficient (Wildman–Crippen LogP) is 0.314. The fraction of sp³-hybridized carbons (Fsp3) is 0.778. The van der Waals surface area contributed by atoms with Crippen LogP contribution in [0.3, 0.4) is 0 Å². The molecule has 2 aliphatic heterocycles.